The Morgan fingerprint density at radius 1 is 1.00 bits per heavy atom. The molecule has 14 heteroatoms. The van der Waals surface area contributed by atoms with E-state index in [1.165, 1.54) is 6.92 Å². The van der Waals surface area contributed by atoms with E-state index in [0.29, 0.717) is 0 Å². The molecule has 6 N–H and O–H groups in total. The minimum absolute atomic E-state index is 0.0876. The van der Waals surface area contributed by atoms with Crippen molar-refractivity contribution >= 4 is 48.4 Å². The van der Waals surface area contributed by atoms with E-state index in [0.717, 1.165) is 0 Å². The van der Waals surface area contributed by atoms with Gasteiger partial charge in [0.2, 0.25) is 11.8 Å². The fraction of sp³-hybridized carbons (Fsp3) is 0.579. The highest BCUT2D eigenvalue weighted by Gasteiger charge is 2.26. The van der Waals surface area contributed by atoms with Crippen molar-refractivity contribution in [1.82, 2.24) is 16.0 Å². The number of hydrogen-bond donors (Lipinski definition) is 7. The van der Waals surface area contributed by atoms with Crippen LogP contribution in [0.3, 0.4) is 0 Å². The van der Waals surface area contributed by atoms with Crippen LogP contribution in [0.4, 0.5) is 4.79 Å². The Hall–Kier alpha value is -3.29. The van der Waals surface area contributed by atoms with E-state index in [2.05, 4.69) is 35.2 Å². The van der Waals surface area contributed by atoms with E-state index in [1.54, 1.807) is 20.8 Å². The van der Waals surface area contributed by atoms with Crippen molar-refractivity contribution in [2.24, 2.45) is 0 Å². The summed E-state index contributed by atoms with van der Waals surface area (Å²) in [6.07, 6.45) is -1.48. The summed E-state index contributed by atoms with van der Waals surface area (Å²) in [4.78, 5) is 66.5. The van der Waals surface area contributed by atoms with Crippen LogP contribution in [0.15, 0.2) is 12.2 Å². The number of carboxylic acids is 3. The van der Waals surface area contributed by atoms with Crippen molar-refractivity contribution < 1.29 is 48.8 Å². The number of thiol groups is 1. The van der Waals surface area contributed by atoms with Crippen molar-refractivity contribution in [3.63, 3.8) is 0 Å². The Morgan fingerprint density at radius 2 is 1.52 bits per heavy atom. The number of carbonyl (C=O) groups is 6. The van der Waals surface area contributed by atoms with Gasteiger partial charge in [-0.25, -0.2) is 14.4 Å². The summed E-state index contributed by atoms with van der Waals surface area (Å²) < 4.78 is 4.96. The van der Waals surface area contributed by atoms with Crippen LogP contribution in [-0.2, 0) is 28.7 Å². The zero-order chi connectivity index (χ0) is 26.4. The van der Waals surface area contributed by atoms with E-state index in [-0.39, 0.29) is 24.2 Å². The first-order valence-electron chi connectivity index (χ1n) is 9.51. The first-order chi connectivity index (χ1) is 15.0. The standard InChI is InChI=1S/C15H25N3O8S.C4H6O2/c1-15(2,3)26-14(25)18-8(13(23)24)4-5-10(19)17-9(7-27)12(22)16-6-11(20)21;1-3(2)4(5)6/h8-9,27H,4-7H2,1-3H3,(H,16,22)(H,17,19)(H,18,25)(H,20,21)(H,23,24);1H2,2H3,(H,5,6)/t8-,9-;/m0./s1. The topological polar surface area (TPSA) is 208 Å². The molecule has 0 aromatic carbocycles. The van der Waals surface area contributed by atoms with Crippen LogP contribution in [0.1, 0.15) is 40.5 Å². The molecule has 0 heterocycles. The number of carboxylic acid groups (broad SMARTS) is 3. The summed E-state index contributed by atoms with van der Waals surface area (Å²) in [5, 5.41) is 32.1. The number of alkyl carbamates (subject to hydrolysis) is 1. The number of nitrogens with one attached hydrogen (secondary N) is 3. The van der Waals surface area contributed by atoms with Crippen LogP contribution in [0.2, 0.25) is 0 Å². The molecule has 0 saturated carbocycles. The maximum Gasteiger partial charge on any atom is 0.408 e. The van der Waals surface area contributed by atoms with Crippen molar-refractivity contribution in [1.29, 1.82) is 0 Å². The molecule has 0 fully saturated rings. The lowest BCUT2D eigenvalue weighted by Crippen LogP contribution is -2.49. The quantitative estimate of drug-likeness (QED) is 0.151. The Labute approximate surface area is 196 Å². The third-order valence-corrected chi connectivity index (χ3v) is 3.63. The highest BCUT2D eigenvalue weighted by Crippen LogP contribution is 2.08. The van der Waals surface area contributed by atoms with Gasteiger partial charge in [-0.1, -0.05) is 6.58 Å². The number of aliphatic carboxylic acids is 3. The van der Waals surface area contributed by atoms with Gasteiger partial charge in [0.1, 0.15) is 24.2 Å². The highest BCUT2D eigenvalue weighted by atomic mass is 32.1. The van der Waals surface area contributed by atoms with Crippen molar-refractivity contribution in [3.8, 4) is 0 Å². The molecule has 188 valence electrons. The maximum absolute atomic E-state index is 11.9. The highest BCUT2D eigenvalue weighted by molar-refractivity contribution is 7.80. The molecule has 3 amide bonds. The molecule has 0 aromatic rings. The van der Waals surface area contributed by atoms with E-state index < -0.39 is 60.0 Å². The number of rotatable bonds is 11. The Kier molecular flexibility index (Phi) is 15.0. The first kappa shape index (κ1) is 31.9. The minimum Gasteiger partial charge on any atom is -0.480 e. The Balaban J connectivity index is 0. The molecule has 0 bridgehead atoms. The summed E-state index contributed by atoms with van der Waals surface area (Å²) in [7, 11) is 0. The van der Waals surface area contributed by atoms with Gasteiger partial charge in [-0.3, -0.25) is 14.4 Å². The molecule has 0 radical (unpaired) electrons. The third-order valence-electron chi connectivity index (χ3n) is 3.26. The molecular formula is C19H31N3O10S. The molecule has 0 aliphatic heterocycles. The van der Waals surface area contributed by atoms with Gasteiger partial charge >= 0.3 is 24.0 Å². The lowest BCUT2D eigenvalue weighted by molar-refractivity contribution is -0.140. The number of amides is 3. The van der Waals surface area contributed by atoms with Gasteiger partial charge in [0.25, 0.3) is 0 Å². The summed E-state index contributed by atoms with van der Waals surface area (Å²) in [5.41, 5.74) is -0.636. The number of hydrogen-bond acceptors (Lipinski definition) is 8. The van der Waals surface area contributed by atoms with Crippen LogP contribution >= 0.6 is 12.6 Å². The van der Waals surface area contributed by atoms with Crippen molar-refractivity contribution in [2.75, 3.05) is 12.3 Å². The second-order valence-corrected chi connectivity index (χ2v) is 7.94. The lowest BCUT2D eigenvalue weighted by atomic mass is 10.1. The smallest absolute Gasteiger partial charge is 0.408 e. The van der Waals surface area contributed by atoms with E-state index in [1.807, 2.05) is 0 Å². The van der Waals surface area contributed by atoms with Gasteiger partial charge in [-0.15, -0.1) is 0 Å². The fourth-order valence-electron chi connectivity index (χ4n) is 1.73. The summed E-state index contributed by atoms with van der Waals surface area (Å²) in [5.74, 6) is -5.01. The van der Waals surface area contributed by atoms with Crippen LogP contribution in [-0.4, -0.2) is 81.1 Å². The van der Waals surface area contributed by atoms with Crippen LogP contribution in [0.5, 0.6) is 0 Å². The van der Waals surface area contributed by atoms with Gasteiger partial charge in [0.15, 0.2) is 0 Å². The third kappa shape index (κ3) is 18.0. The Bertz CT molecular complexity index is 737. The van der Waals surface area contributed by atoms with Gasteiger partial charge < -0.3 is 36.0 Å². The van der Waals surface area contributed by atoms with Gasteiger partial charge in [0.05, 0.1) is 0 Å². The molecule has 0 rings (SSSR count). The summed E-state index contributed by atoms with van der Waals surface area (Å²) in [6.45, 7) is 8.83. The monoisotopic (exact) mass is 493 g/mol. The number of carbonyl (C=O) groups excluding carboxylic acids is 3. The second kappa shape index (κ2) is 15.5. The van der Waals surface area contributed by atoms with E-state index >= 15 is 0 Å². The van der Waals surface area contributed by atoms with Gasteiger partial charge in [0, 0.05) is 17.7 Å². The SMILES string of the molecule is C=C(C)C(=O)O.CC(C)(C)OC(=O)N[C@@H](CCC(=O)N[C@@H](CS)C(=O)NCC(=O)O)C(=O)O. The van der Waals surface area contributed by atoms with Crippen LogP contribution in [0, 0.1) is 0 Å². The van der Waals surface area contributed by atoms with Crippen LogP contribution in [0.25, 0.3) is 0 Å². The van der Waals surface area contributed by atoms with Gasteiger partial charge in [-0.05, 0) is 34.1 Å². The average Bonchev–Trinajstić information content (AvgIpc) is 2.66. The molecular weight excluding hydrogens is 462 g/mol. The van der Waals surface area contributed by atoms with Crippen LogP contribution < -0.4 is 16.0 Å². The molecule has 13 nitrogen and oxygen atoms in total. The van der Waals surface area contributed by atoms with E-state index in [4.69, 9.17) is 20.1 Å². The van der Waals surface area contributed by atoms with E-state index in [9.17, 15) is 28.8 Å². The summed E-state index contributed by atoms with van der Waals surface area (Å²) in [6, 6.07) is -2.44. The molecule has 0 aliphatic carbocycles. The predicted molar refractivity (Wildman–Crippen MR) is 119 cm³/mol. The molecule has 2 atom stereocenters. The first-order valence-corrected chi connectivity index (χ1v) is 10.1. The molecule has 0 unspecified atom stereocenters. The zero-order valence-electron chi connectivity index (χ0n) is 18.8. The molecule has 0 saturated heterocycles. The average molecular weight is 494 g/mol. The van der Waals surface area contributed by atoms with Crippen molar-refractivity contribution in [3.05, 3.63) is 12.2 Å². The maximum atomic E-state index is 11.9. The largest absolute Gasteiger partial charge is 0.480 e. The van der Waals surface area contributed by atoms with Gasteiger partial charge in [-0.2, -0.15) is 12.6 Å². The predicted octanol–water partition coefficient (Wildman–Crippen LogP) is 0.00700. The molecule has 0 aromatic heterocycles. The molecule has 0 spiro atoms. The molecule has 33 heavy (non-hydrogen) atoms. The second-order valence-electron chi connectivity index (χ2n) is 7.58. The number of ether oxygens (including phenoxy) is 1. The molecule has 0 aliphatic rings. The van der Waals surface area contributed by atoms with Crippen molar-refractivity contribution in [2.45, 2.75) is 58.2 Å². The zero-order valence-corrected chi connectivity index (χ0v) is 19.7. The fourth-order valence-corrected chi connectivity index (χ4v) is 1.99. The minimum atomic E-state index is -1.36. The summed E-state index contributed by atoms with van der Waals surface area (Å²) >= 11 is 3.91. The normalized spacial score (nSPS) is 12.0. The Morgan fingerprint density at radius 3 is 1.88 bits per heavy atom. The lowest BCUT2D eigenvalue weighted by Gasteiger charge is -2.22.